The quantitative estimate of drug-likeness (QED) is 0.783. The number of thioether (sulfide) groups is 1. The third-order valence-electron chi connectivity index (χ3n) is 4.16. The average molecular weight is 351 g/mol. The number of rotatable bonds is 3. The molecule has 1 aromatic carbocycles. The summed E-state index contributed by atoms with van der Waals surface area (Å²) in [4.78, 5) is 16.4. The van der Waals surface area contributed by atoms with Crippen LogP contribution in [0.15, 0.2) is 24.3 Å². The van der Waals surface area contributed by atoms with E-state index in [-0.39, 0.29) is 18.1 Å². The first-order valence-electron chi connectivity index (χ1n) is 7.99. The second-order valence-corrected chi connectivity index (χ2v) is 7.89. The Balaban J connectivity index is 1.47. The van der Waals surface area contributed by atoms with Crippen molar-refractivity contribution in [3.63, 3.8) is 0 Å². The third-order valence-corrected chi connectivity index (χ3v) is 5.66. The fraction of sp³-hybridized carbons (Fsp3) is 0.529. The molecule has 0 bridgehead atoms. The summed E-state index contributed by atoms with van der Waals surface area (Å²) in [5.41, 5.74) is 1.97. The number of fused-ring (bicyclic) bond motifs is 1. The van der Waals surface area contributed by atoms with Crippen molar-refractivity contribution in [1.29, 1.82) is 0 Å². The van der Waals surface area contributed by atoms with Gasteiger partial charge in [0.25, 0.3) is 5.91 Å². The van der Waals surface area contributed by atoms with E-state index in [4.69, 9.17) is 17.0 Å². The van der Waals surface area contributed by atoms with Crippen LogP contribution in [-0.4, -0.2) is 57.6 Å². The van der Waals surface area contributed by atoms with E-state index in [0.717, 1.165) is 40.8 Å². The lowest BCUT2D eigenvalue weighted by Crippen LogP contribution is -2.47. The van der Waals surface area contributed by atoms with Crippen LogP contribution in [0.3, 0.4) is 0 Å². The molecule has 0 N–H and O–H groups in total. The van der Waals surface area contributed by atoms with Crippen molar-refractivity contribution < 1.29 is 9.53 Å². The zero-order valence-corrected chi connectivity index (χ0v) is 15.2. The van der Waals surface area contributed by atoms with Gasteiger partial charge in [0.15, 0.2) is 0 Å². The molecule has 1 amide bonds. The van der Waals surface area contributed by atoms with Crippen LogP contribution in [0.4, 0.5) is 0 Å². The highest BCUT2D eigenvalue weighted by atomic mass is 32.2. The Bertz CT molecular complexity index is 598. The monoisotopic (exact) mass is 350 g/mol. The standard InChI is InChI=1S/C17H22N2O2S2/c1-12-9-19(10-13(2)21-12)17(22)23-8-7-18-11-14-5-3-4-6-15(14)16(18)20/h3-6,12-13H,7-11H2,1-2H3/t12-,13-/m0/s1. The highest BCUT2D eigenvalue weighted by Gasteiger charge is 2.27. The Morgan fingerprint density at radius 1 is 1.30 bits per heavy atom. The molecule has 2 aliphatic rings. The molecule has 23 heavy (non-hydrogen) atoms. The van der Waals surface area contributed by atoms with Crippen molar-refractivity contribution in [2.45, 2.75) is 32.6 Å². The molecule has 1 saturated heterocycles. The summed E-state index contributed by atoms with van der Waals surface area (Å²) in [6.07, 6.45) is 0.430. The van der Waals surface area contributed by atoms with Crippen molar-refractivity contribution in [2.75, 3.05) is 25.4 Å². The number of amides is 1. The molecule has 2 atom stereocenters. The van der Waals surface area contributed by atoms with Gasteiger partial charge in [-0.05, 0) is 25.5 Å². The summed E-state index contributed by atoms with van der Waals surface area (Å²) < 4.78 is 6.65. The minimum absolute atomic E-state index is 0.140. The van der Waals surface area contributed by atoms with E-state index in [2.05, 4.69) is 18.7 Å². The Morgan fingerprint density at radius 3 is 2.70 bits per heavy atom. The van der Waals surface area contributed by atoms with Crippen molar-refractivity contribution >= 4 is 34.2 Å². The zero-order valence-electron chi connectivity index (χ0n) is 13.5. The Labute approximate surface area is 147 Å². The molecule has 1 fully saturated rings. The lowest BCUT2D eigenvalue weighted by Gasteiger charge is -2.36. The van der Waals surface area contributed by atoms with Gasteiger partial charge in [-0.25, -0.2) is 0 Å². The maximum absolute atomic E-state index is 12.3. The first kappa shape index (κ1) is 16.7. The van der Waals surface area contributed by atoms with Gasteiger partial charge in [0.05, 0.1) is 12.2 Å². The molecule has 124 valence electrons. The lowest BCUT2D eigenvalue weighted by atomic mass is 10.1. The van der Waals surface area contributed by atoms with Crippen LogP contribution in [-0.2, 0) is 11.3 Å². The van der Waals surface area contributed by atoms with E-state index in [0.29, 0.717) is 6.54 Å². The van der Waals surface area contributed by atoms with Gasteiger partial charge in [-0.2, -0.15) is 0 Å². The van der Waals surface area contributed by atoms with Crippen molar-refractivity contribution in [3.8, 4) is 0 Å². The summed E-state index contributed by atoms with van der Waals surface area (Å²) in [5, 5.41) is 0. The molecular formula is C17H22N2O2S2. The second kappa shape index (κ2) is 7.20. The molecule has 0 aromatic heterocycles. The fourth-order valence-electron chi connectivity index (χ4n) is 3.16. The molecule has 1 aromatic rings. The second-order valence-electron chi connectivity index (χ2n) is 6.16. The molecule has 2 aliphatic heterocycles. The van der Waals surface area contributed by atoms with Gasteiger partial charge in [-0.1, -0.05) is 42.2 Å². The average Bonchev–Trinajstić information content (AvgIpc) is 2.83. The number of benzene rings is 1. The number of nitrogens with zero attached hydrogens (tertiary/aromatic N) is 2. The summed E-state index contributed by atoms with van der Waals surface area (Å²) in [6, 6.07) is 7.85. The molecule has 0 radical (unpaired) electrons. The number of hydrogen-bond acceptors (Lipinski definition) is 4. The highest BCUT2D eigenvalue weighted by Crippen LogP contribution is 2.23. The normalized spacial score (nSPS) is 24.0. The molecule has 0 aliphatic carbocycles. The molecule has 0 saturated carbocycles. The van der Waals surface area contributed by atoms with Crippen LogP contribution in [0.1, 0.15) is 29.8 Å². The minimum Gasteiger partial charge on any atom is -0.372 e. The molecule has 3 rings (SSSR count). The van der Waals surface area contributed by atoms with E-state index in [1.54, 1.807) is 11.8 Å². The molecule has 2 heterocycles. The number of hydrogen-bond donors (Lipinski definition) is 0. The zero-order chi connectivity index (χ0) is 16.4. The topological polar surface area (TPSA) is 32.8 Å². The van der Waals surface area contributed by atoms with Gasteiger partial charge in [-0.3, -0.25) is 4.79 Å². The van der Waals surface area contributed by atoms with Crippen LogP contribution in [0, 0.1) is 0 Å². The van der Waals surface area contributed by atoms with Crippen molar-refractivity contribution in [3.05, 3.63) is 35.4 Å². The smallest absolute Gasteiger partial charge is 0.254 e. The predicted molar refractivity (Wildman–Crippen MR) is 97.8 cm³/mol. The first-order valence-corrected chi connectivity index (χ1v) is 9.38. The molecular weight excluding hydrogens is 328 g/mol. The van der Waals surface area contributed by atoms with Gasteiger partial charge in [0, 0.05) is 37.5 Å². The van der Waals surface area contributed by atoms with E-state index in [1.807, 2.05) is 29.2 Å². The fourth-order valence-corrected chi connectivity index (χ4v) is 4.37. The number of carbonyl (C=O) groups is 1. The van der Waals surface area contributed by atoms with Crippen molar-refractivity contribution in [2.24, 2.45) is 0 Å². The van der Waals surface area contributed by atoms with Gasteiger partial charge < -0.3 is 14.5 Å². The minimum atomic E-state index is 0.140. The number of thiocarbonyl (C=S) groups is 1. The molecule has 0 unspecified atom stereocenters. The summed E-state index contributed by atoms with van der Waals surface area (Å²) in [7, 11) is 0. The largest absolute Gasteiger partial charge is 0.372 e. The van der Waals surface area contributed by atoms with Crippen LogP contribution in [0.25, 0.3) is 0 Å². The lowest BCUT2D eigenvalue weighted by molar-refractivity contribution is -0.0465. The molecule has 6 heteroatoms. The molecule has 4 nitrogen and oxygen atoms in total. The SMILES string of the molecule is C[C@H]1CN(C(=S)SCCN2Cc3ccccc3C2=O)C[C@H](C)O1. The summed E-state index contributed by atoms with van der Waals surface area (Å²) >= 11 is 7.21. The van der Waals surface area contributed by atoms with Crippen LogP contribution in [0.2, 0.25) is 0 Å². The van der Waals surface area contributed by atoms with E-state index in [1.165, 1.54) is 0 Å². The Hall–Kier alpha value is -1.11. The van der Waals surface area contributed by atoms with Crippen LogP contribution >= 0.6 is 24.0 Å². The summed E-state index contributed by atoms with van der Waals surface area (Å²) in [5.74, 6) is 0.972. The number of carbonyl (C=O) groups excluding carboxylic acids is 1. The first-order chi connectivity index (χ1) is 11.0. The maximum atomic E-state index is 12.3. The van der Waals surface area contributed by atoms with E-state index in [9.17, 15) is 4.79 Å². The Kier molecular flexibility index (Phi) is 5.24. The highest BCUT2D eigenvalue weighted by molar-refractivity contribution is 8.22. The predicted octanol–water partition coefficient (Wildman–Crippen LogP) is 2.77. The van der Waals surface area contributed by atoms with Gasteiger partial charge in [0.2, 0.25) is 0 Å². The molecule has 0 spiro atoms. The van der Waals surface area contributed by atoms with Gasteiger partial charge in [0.1, 0.15) is 4.32 Å². The Morgan fingerprint density at radius 2 is 2.00 bits per heavy atom. The van der Waals surface area contributed by atoms with E-state index >= 15 is 0 Å². The van der Waals surface area contributed by atoms with Crippen molar-refractivity contribution in [1.82, 2.24) is 9.80 Å². The van der Waals surface area contributed by atoms with Crippen LogP contribution < -0.4 is 0 Å². The summed E-state index contributed by atoms with van der Waals surface area (Å²) in [6.45, 7) is 7.31. The van der Waals surface area contributed by atoms with E-state index < -0.39 is 0 Å². The third kappa shape index (κ3) is 3.87. The number of morpholine rings is 1. The van der Waals surface area contributed by atoms with Gasteiger partial charge >= 0.3 is 0 Å². The van der Waals surface area contributed by atoms with Crippen LogP contribution in [0.5, 0.6) is 0 Å². The maximum Gasteiger partial charge on any atom is 0.254 e. The van der Waals surface area contributed by atoms with Gasteiger partial charge in [-0.15, -0.1) is 0 Å². The number of ether oxygens (including phenoxy) is 1.